The smallest absolute Gasteiger partial charge is 0.314 e. The van der Waals surface area contributed by atoms with E-state index in [4.69, 9.17) is 11.6 Å². The molecule has 0 radical (unpaired) electrons. The highest BCUT2D eigenvalue weighted by Crippen LogP contribution is 2.26. The van der Waals surface area contributed by atoms with Gasteiger partial charge in [0, 0.05) is 16.4 Å². The van der Waals surface area contributed by atoms with Crippen LogP contribution in [-0.2, 0) is 9.59 Å². The zero-order valence-corrected chi connectivity index (χ0v) is 14.8. The Labute approximate surface area is 147 Å². The van der Waals surface area contributed by atoms with Crippen LogP contribution in [0.2, 0.25) is 5.02 Å². The molecule has 0 heterocycles. The van der Waals surface area contributed by atoms with Crippen LogP contribution in [0, 0.1) is 6.92 Å². The molecule has 0 fully saturated rings. The SMILES string of the molecule is CCC(C)c1ccccc1NC(=O)C(=O)Nc1ccc(Cl)cc1C. The number of carbonyl (C=O) groups is 2. The number of amides is 2. The second-order valence-corrected chi connectivity index (χ2v) is 6.20. The van der Waals surface area contributed by atoms with E-state index in [1.165, 1.54) is 0 Å². The third-order valence-corrected chi connectivity index (χ3v) is 4.23. The fraction of sp³-hybridized carbons (Fsp3) is 0.263. The first-order valence-corrected chi connectivity index (χ1v) is 8.27. The minimum absolute atomic E-state index is 0.295. The molecular formula is C19H21ClN2O2. The lowest BCUT2D eigenvalue weighted by Gasteiger charge is -2.15. The van der Waals surface area contributed by atoms with Crippen molar-refractivity contribution in [3.05, 3.63) is 58.6 Å². The molecule has 1 atom stereocenters. The predicted molar refractivity (Wildman–Crippen MR) is 98.6 cm³/mol. The molecule has 0 aliphatic rings. The van der Waals surface area contributed by atoms with Crippen LogP contribution < -0.4 is 10.6 Å². The van der Waals surface area contributed by atoms with Gasteiger partial charge in [-0.25, -0.2) is 0 Å². The molecule has 0 aromatic heterocycles. The lowest BCUT2D eigenvalue weighted by Crippen LogP contribution is -2.29. The molecular weight excluding hydrogens is 324 g/mol. The maximum Gasteiger partial charge on any atom is 0.314 e. The van der Waals surface area contributed by atoms with Crippen LogP contribution in [0.15, 0.2) is 42.5 Å². The lowest BCUT2D eigenvalue weighted by molar-refractivity contribution is -0.133. The summed E-state index contributed by atoms with van der Waals surface area (Å²) in [5, 5.41) is 5.89. The van der Waals surface area contributed by atoms with E-state index in [2.05, 4.69) is 24.5 Å². The zero-order chi connectivity index (χ0) is 17.7. The van der Waals surface area contributed by atoms with Gasteiger partial charge in [-0.15, -0.1) is 0 Å². The number of carbonyl (C=O) groups excluding carboxylic acids is 2. The van der Waals surface area contributed by atoms with Gasteiger partial charge in [0.2, 0.25) is 0 Å². The van der Waals surface area contributed by atoms with Gasteiger partial charge in [0.1, 0.15) is 0 Å². The molecule has 126 valence electrons. The van der Waals surface area contributed by atoms with Crippen LogP contribution in [0.5, 0.6) is 0 Å². The first kappa shape index (κ1) is 18.0. The van der Waals surface area contributed by atoms with E-state index in [1.807, 2.05) is 25.1 Å². The van der Waals surface area contributed by atoms with E-state index >= 15 is 0 Å². The number of benzene rings is 2. The Bertz CT molecular complexity index is 759. The topological polar surface area (TPSA) is 58.2 Å². The number of hydrogen-bond donors (Lipinski definition) is 2. The molecule has 0 bridgehead atoms. The number of anilines is 2. The minimum Gasteiger partial charge on any atom is -0.318 e. The number of halogens is 1. The zero-order valence-electron chi connectivity index (χ0n) is 14.0. The van der Waals surface area contributed by atoms with Crippen molar-refractivity contribution in [1.82, 2.24) is 0 Å². The van der Waals surface area contributed by atoms with Gasteiger partial charge in [-0.2, -0.15) is 0 Å². The molecule has 2 N–H and O–H groups in total. The van der Waals surface area contributed by atoms with Crippen molar-refractivity contribution in [3.8, 4) is 0 Å². The Morgan fingerprint density at radius 3 is 2.29 bits per heavy atom. The maximum atomic E-state index is 12.2. The fourth-order valence-electron chi connectivity index (χ4n) is 2.39. The van der Waals surface area contributed by atoms with Gasteiger partial charge in [0.05, 0.1) is 0 Å². The van der Waals surface area contributed by atoms with Crippen LogP contribution in [0.25, 0.3) is 0 Å². The van der Waals surface area contributed by atoms with E-state index in [0.29, 0.717) is 22.3 Å². The molecule has 0 saturated heterocycles. The highest BCUT2D eigenvalue weighted by molar-refractivity contribution is 6.43. The summed E-state index contributed by atoms with van der Waals surface area (Å²) in [6.45, 7) is 5.99. The average Bonchev–Trinajstić information content (AvgIpc) is 2.57. The predicted octanol–water partition coefficient (Wildman–Crippen LogP) is 4.74. The van der Waals surface area contributed by atoms with Crippen LogP contribution >= 0.6 is 11.6 Å². The van der Waals surface area contributed by atoms with Crippen molar-refractivity contribution in [1.29, 1.82) is 0 Å². The van der Waals surface area contributed by atoms with Crippen molar-refractivity contribution >= 4 is 34.8 Å². The largest absolute Gasteiger partial charge is 0.318 e. The molecule has 2 amide bonds. The van der Waals surface area contributed by atoms with E-state index in [0.717, 1.165) is 17.5 Å². The summed E-state index contributed by atoms with van der Waals surface area (Å²) in [6, 6.07) is 12.6. The van der Waals surface area contributed by atoms with Gasteiger partial charge >= 0.3 is 11.8 Å². The molecule has 0 saturated carbocycles. The summed E-state index contributed by atoms with van der Waals surface area (Å²) >= 11 is 5.89. The Balaban J connectivity index is 2.11. The van der Waals surface area contributed by atoms with E-state index in [9.17, 15) is 9.59 Å². The van der Waals surface area contributed by atoms with Crippen LogP contribution in [-0.4, -0.2) is 11.8 Å². The van der Waals surface area contributed by atoms with Crippen molar-refractivity contribution < 1.29 is 9.59 Å². The van der Waals surface area contributed by atoms with Crippen molar-refractivity contribution in [2.24, 2.45) is 0 Å². The highest BCUT2D eigenvalue weighted by Gasteiger charge is 2.17. The van der Waals surface area contributed by atoms with Crippen molar-refractivity contribution in [2.45, 2.75) is 33.1 Å². The van der Waals surface area contributed by atoms with Gasteiger partial charge in [0.15, 0.2) is 0 Å². The molecule has 5 heteroatoms. The van der Waals surface area contributed by atoms with Crippen molar-refractivity contribution in [3.63, 3.8) is 0 Å². The second kappa shape index (κ2) is 7.97. The molecule has 0 spiro atoms. The van der Waals surface area contributed by atoms with Crippen LogP contribution in [0.4, 0.5) is 11.4 Å². The highest BCUT2D eigenvalue weighted by atomic mass is 35.5. The second-order valence-electron chi connectivity index (χ2n) is 5.76. The first-order chi connectivity index (χ1) is 11.4. The van der Waals surface area contributed by atoms with E-state index in [1.54, 1.807) is 24.3 Å². The molecule has 2 aromatic carbocycles. The molecule has 0 aliphatic carbocycles. The molecule has 1 unspecified atom stereocenters. The van der Waals surface area contributed by atoms with Crippen LogP contribution in [0.3, 0.4) is 0 Å². The number of para-hydroxylation sites is 1. The monoisotopic (exact) mass is 344 g/mol. The van der Waals surface area contributed by atoms with E-state index < -0.39 is 11.8 Å². The molecule has 0 aliphatic heterocycles. The van der Waals surface area contributed by atoms with Gasteiger partial charge in [-0.05, 0) is 54.7 Å². The number of nitrogens with one attached hydrogen (secondary N) is 2. The van der Waals surface area contributed by atoms with E-state index in [-0.39, 0.29) is 0 Å². The minimum atomic E-state index is -0.709. The van der Waals surface area contributed by atoms with Gasteiger partial charge in [-0.1, -0.05) is 43.6 Å². The summed E-state index contributed by atoms with van der Waals surface area (Å²) in [7, 11) is 0. The number of hydrogen-bond acceptors (Lipinski definition) is 2. The third-order valence-electron chi connectivity index (χ3n) is 4.00. The van der Waals surface area contributed by atoms with Gasteiger partial charge in [-0.3, -0.25) is 9.59 Å². The Morgan fingerprint density at radius 2 is 1.67 bits per heavy atom. The molecule has 2 aromatic rings. The Kier molecular flexibility index (Phi) is 5.99. The molecule has 2 rings (SSSR count). The quantitative estimate of drug-likeness (QED) is 0.787. The Hall–Kier alpha value is -2.33. The van der Waals surface area contributed by atoms with Crippen molar-refractivity contribution in [2.75, 3.05) is 10.6 Å². The summed E-state index contributed by atoms with van der Waals surface area (Å²) in [5.41, 5.74) is 3.04. The standard InChI is InChI=1S/C19H21ClN2O2/c1-4-12(2)15-7-5-6-8-17(15)22-19(24)18(23)21-16-10-9-14(20)11-13(16)3/h5-12H,4H2,1-3H3,(H,21,23)(H,22,24). The Morgan fingerprint density at radius 1 is 1.04 bits per heavy atom. The molecule has 4 nitrogen and oxygen atoms in total. The van der Waals surface area contributed by atoms with Gasteiger partial charge < -0.3 is 10.6 Å². The normalized spacial score (nSPS) is 11.7. The van der Waals surface area contributed by atoms with Crippen LogP contribution in [0.1, 0.15) is 37.3 Å². The first-order valence-electron chi connectivity index (χ1n) is 7.89. The summed E-state index contributed by atoms with van der Waals surface area (Å²) < 4.78 is 0. The lowest BCUT2D eigenvalue weighted by atomic mass is 9.97. The average molecular weight is 345 g/mol. The molecule has 24 heavy (non-hydrogen) atoms. The third kappa shape index (κ3) is 4.36. The number of aryl methyl sites for hydroxylation is 1. The number of rotatable bonds is 4. The maximum absolute atomic E-state index is 12.2. The summed E-state index contributed by atoms with van der Waals surface area (Å²) in [6.07, 6.45) is 0.947. The summed E-state index contributed by atoms with van der Waals surface area (Å²) in [4.78, 5) is 24.4. The fourth-order valence-corrected chi connectivity index (χ4v) is 2.61. The van der Waals surface area contributed by atoms with Gasteiger partial charge in [0.25, 0.3) is 0 Å². The summed E-state index contributed by atoms with van der Waals surface area (Å²) in [5.74, 6) is -1.11.